The summed E-state index contributed by atoms with van der Waals surface area (Å²) >= 11 is 7.27. The van der Waals surface area contributed by atoms with Gasteiger partial charge in [0.05, 0.1) is 29.8 Å². The van der Waals surface area contributed by atoms with E-state index < -0.39 is 21.7 Å². The second-order valence-corrected chi connectivity index (χ2v) is 9.14. The van der Waals surface area contributed by atoms with Gasteiger partial charge in [-0.15, -0.1) is 11.3 Å². The van der Waals surface area contributed by atoms with Crippen LogP contribution in [0.1, 0.15) is 10.4 Å². The summed E-state index contributed by atoms with van der Waals surface area (Å²) in [5.74, 6) is -0.573. The van der Waals surface area contributed by atoms with Gasteiger partial charge in [-0.05, 0) is 30.3 Å². The van der Waals surface area contributed by atoms with E-state index in [2.05, 4.69) is 9.46 Å². The maximum atomic E-state index is 12.8. The van der Waals surface area contributed by atoms with Gasteiger partial charge in [0, 0.05) is 11.6 Å². The predicted octanol–water partition coefficient (Wildman–Crippen LogP) is 4.37. The van der Waals surface area contributed by atoms with Crippen molar-refractivity contribution in [1.29, 1.82) is 0 Å². The molecule has 0 aliphatic rings. The third-order valence-electron chi connectivity index (χ3n) is 3.94. The normalized spacial score (nSPS) is 11.1. The van der Waals surface area contributed by atoms with Crippen LogP contribution in [0.3, 0.4) is 0 Å². The largest absolute Gasteiger partial charge is 0.507 e. The van der Waals surface area contributed by atoms with Gasteiger partial charge in [0.2, 0.25) is 0 Å². The van der Waals surface area contributed by atoms with Crippen LogP contribution in [-0.4, -0.2) is 33.7 Å². The first-order chi connectivity index (χ1) is 13.8. The number of ether oxygens (including phenoxy) is 2. The molecule has 0 saturated heterocycles. The quantitative estimate of drug-likeness (QED) is 0.537. The third-order valence-corrected chi connectivity index (χ3v) is 7.37. The van der Waals surface area contributed by atoms with Crippen LogP contribution in [0, 0.1) is 0 Å². The fraction of sp³-hybridized carbons (Fsp3) is 0.105. The summed E-state index contributed by atoms with van der Waals surface area (Å²) in [6.45, 7) is 0. The smallest absolute Gasteiger partial charge is 0.341 e. The summed E-state index contributed by atoms with van der Waals surface area (Å²) in [6.07, 6.45) is 0. The van der Waals surface area contributed by atoms with Crippen molar-refractivity contribution < 1.29 is 27.8 Å². The molecular formula is C19H16ClNO6S2. The molecule has 3 rings (SSSR count). The third kappa shape index (κ3) is 4.31. The van der Waals surface area contributed by atoms with Crippen molar-refractivity contribution in [2.45, 2.75) is 4.21 Å². The Balaban J connectivity index is 1.93. The number of para-hydroxylation sites is 1. The van der Waals surface area contributed by atoms with Crippen molar-refractivity contribution >= 4 is 44.6 Å². The molecule has 0 unspecified atom stereocenters. The Morgan fingerprint density at radius 2 is 1.86 bits per heavy atom. The summed E-state index contributed by atoms with van der Waals surface area (Å²) in [7, 11) is -1.29. The lowest BCUT2D eigenvalue weighted by molar-refractivity contribution is 0.0597. The highest BCUT2D eigenvalue weighted by atomic mass is 35.5. The number of hydrogen-bond donors (Lipinski definition) is 2. The molecule has 10 heteroatoms. The lowest BCUT2D eigenvalue weighted by atomic mass is 10.1. The van der Waals surface area contributed by atoms with Gasteiger partial charge in [0.1, 0.15) is 21.3 Å². The van der Waals surface area contributed by atoms with Crippen LogP contribution >= 0.6 is 22.9 Å². The van der Waals surface area contributed by atoms with E-state index in [4.69, 9.17) is 16.3 Å². The Kier molecular flexibility index (Phi) is 6.02. The van der Waals surface area contributed by atoms with Gasteiger partial charge < -0.3 is 14.6 Å². The van der Waals surface area contributed by atoms with Gasteiger partial charge in [-0.25, -0.2) is 13.2 Å². The molecule has 0 fully saturated rings. The number of halogens is 1. The van der Waals surface area contributed by atoms with Crippen LogP contribution < -0.4 is 9.46 Å². The number of sulfonamides is 1. The van der Waals surface area contributed by atoms with Crippen LogP contribution in [0.5, 0.6) is 11.5 Å². The number of carbonyl (C=O) groups excluding carboxylic acids is 1. The number of methoxy groups -OCH3 is 2. The van der Waals surface area contributed by atoms with Crippen LogP contribution in [0.2, 0.25) is 5.02 Å². The average Bonchev–Trinajstić information content (AvgIpc) is 3.09. The molecule has 0 saturated carbocycles. The van der Waals surface area contributed by atoms with Gasteiger partial charge in [0.15, 0.2) is 0 Å². The summed E-state index contributed by atoms with van der Waals surface area (Å²) in [5.41, 5.74) is 0.679. The van der Waals surface area contributed by atoms with E-state index in [9.17, 15) is 18.3 Å². The Labute approximate surface area is 176 Å². The van der Waals surface area contributed by atoms with Crippen LogP contribution in [-0.2, 0) is 14.8 Å². The molecule has 0 aliphatic heterocycles. The highest BCUT2D eigenvalue weighted by molar-refractivity contribution is 7.94. The number of phenolic OH excluding ortho intramolecular Hbond substituents is 1. The van der Waals surface area contributed by atoms with Crippen molar-refractivity contribution in [1.82, 2.24) is 0 Å². The molecule has 152 valence electrons. The van der Waals surface area contributed by atoms with Crippen molar-refractivity contribution in [3.05, 3.63) is 59.1 Å². The fourth-order valence-corrected chi connectivity index (χ4v) is 5.47. The number of rotatable bonds is 6. The fourth-order valence-electron chi connectivity index (χ4n) is 2.58. The minimum absolute atomic E-state index is 0.0139. The summed E-state index contributed by atoms with van der Waals surface area (Å²) < 4.78 is 37.8. The second kappa shape index (κ2) is 8.32. The van der Waals surface area contributed by atoms with Gasteiger partial charge in [-0.2, -0.15) is 0 Å². The number of carbonyl (C=O) groups is 1. The minimum atomic E-state index is -3.98. The lowest BCUT2D eigenvalue weighted by Gasteiger charge is -2.09. The standard InChI is InChI=1S/C19H16ClNO6S2/c1-26-16-6-4-3-5-13(16)18-14(20)10-17(28-18)29(24,25)21-11-7-8-12(15(22)9-11)19(23)27-2/h3-10,21-22H,1-2H3. The molecule has 3 aromatic rings. The van der Waals surface area contributed by atoms with Crippen molar-refractivity contribution in [2.75, 3.05) is 18.9 Å². The highest BCUT2D eigenvalue weighted by Crippen LogP contribution is 2.42. The van der Waals surface area contributed by atoms with E-state index in [0.717, 1.165) is 17.4 Å². The molecular weight excluding hydrogens is 438 g/mol. The number of nitrogens with one attached hydrogen (secondary N) is 1. The number of hydrogen-bond acceptors (Lipinski definition) is 7. The zero-order chi connectivity index (χ0) is 21.2. The van der Waals surface area contributed by atoms with Gasteiger partial charge in [-0.1, -0.05) is 23.7 Å². The van der Waals surface area contributed by atoms with Crippen LogP contribution in [0.4, 0.5) is 5.69 Å². The van der Waals surface area contributed by atoms with E-state index >= 15 is 0 Å². The molecule has 0 bridgehead atoms. The summed E-state index contributed by atoms with van der Waals surface area (Å²) in [4.78, 5) is 12.1. The van der Waals surface area contributed by atoms with E-state index in [1.54, 1.807) is 24.3 Å². The number of thiophene rings is 1. The first-order valence-corrected chi connectivity index (χ1v) is 10.8. The Bertz CT molecular complexity index is 1170. The molecule has 0 atom stereocenters. The van der Waals surface area contributed by atoms with Gasteiger partial charge in [0.25, 0.3) is 10.0 Å². The molecule has 29 heavy (non-hydrogen) atoms. The summed E-state index contributed by atoms with van der Waals surface area (Å²) in [6, 6.07) is 12.2. The predicted molar refractivity (Wildman–Crippen MR) is 112 cm³/mol. The number of esters is 1. The van der Waals surface area contributed by atoms with Crippen LogP contribution in [0.25, 0.3) is 10.4 Å². The molecule has 2 aromatic carbocycles. The maximum absolute atomic E-state index is 12.8. The monoisotopic (exact) mass is 453 g/mol. The van der Waals surface area contributed by atoms with Crippen LogP contribution in [0.15, 0.2) is 52.7 Å². The number of benzene rings is 2. The maximum Gasteiger partial charge on any atom is 0.341 e. The molecule has 0 radical (unpaired) electrons. The summed E-state index contributed by atoms with van der Waals surface area (Å²) in [5, 5.41) is 10.2. The first kappa shape index (κ1) is 21.0. The lowest BCUT2D eigenvalue weighted by Crippen LogP contribution is -2.11. The van der Waals surface area contributed by atoms with E-state index in [1.165, 1.54) is 32.4 Å². The molecule has 7 nitrogen and oxygen atoms in total. The molecule has 1 aromatic heterocycles. The highest BCUT2D eigenvalue weighted by Gasteiger charge is 2.23. The molecule has 0 aliphatic carbocycles. The minimum Gasteiger partial charge on any atom is -0.507 e. The van der Waals surface area contributed by atoms with E-state index in [0.29, 0.717) is 16.2 Å². The van der Waals surface area contributed by atoms with Crippen molar-refractivity contribution in [2.24, 2.45) is 0 Å². The van der Waals surface area contributed by atoms with Crippen molar-refractivity contribution in [3.63, 3.8) is 0 Å². The molecule has 1 heterocycles. The zero-order valence-corrected chi connectivity index (χ0v) is 17.7. The number of anilines is 1. The van der Waals surface area contributed by atoms with Crippen molar-refractivity contribution in [3.8, 4) is 21.9 Å². The van der Waals surface area contributed by atoms with Gasteiger partial charge >= 0.3 is 5.97 Å². The Morgan fingerprint density at radius 1 is 1.14 bits per heavy atom. The topological polar surface area (TPSA) is 102 Å². The average molecular weight is 454 g/mol. The SMILES string of the molecule is COC(=O)c1ccc(NS(=O)(=O)c2cc(Cl)c(-c3ccccc3OC)s2)cc1O. The Morgan fingerprint density at radius 3 is 2.52 bits per heavy atom. The number of phenols is 1. The van der Waals surface area contributed by atoms with Gasteiger partial charge in [-0.3, -0.25) is 4.72 Å². The zero-order valence-electron chi connectivity index (χ0n) is 15.3. The second-order valence-electron chi connectivity index (χ2n) is 5.77. The number of aromatic hydroxyl groups is 1. The Hall–Kier alpha value is -2.75. The first-order valence-electron chi connectivity index (χ1n) is 8.13. The van der Waals surface area contributed by atoms with E-state index in [1.807, 2.05) is 0 Å². The molecule has 0 amide bonds. The molecule has 2 N–H and O–H groups in total. The van der Waals surface area contributed by atoms with E-state index in [-0.39, 0.29) is 20.5 Å². The molecule has 0 spiro atoms.